The van der Waals surface area contributed by atoms with Crippen molar-refractivity contribution in [3.63, 3.8) is 0 Å². The summed E-state index contributed by atoms with van der Waals surface area (Å²) in [6.45, 7) is 0.980. The number of thiophene rings is 1. The molecule has 0 unspecified atom stereocenters. The molecule has 0 radical (unpaired) electrons. The van der Waals surface area contributed by atoms with Crippen LogP contribution in [0.2, 0.25) is 0 Å². The number of hydrogen-bond acceptors (Lipinski definition) is 4. The molecule has 78 valence electrons. The van der Waals surface area contributed by atoms with Gasteiger partial charge in [0.05, 0.1) is 4.88 Å². The van der Waals surface area contributed by atoms with Gasteiger partial charge in [-0.25, -0.2) is 4.98 Å². The van der Waals surface area contributed by atoms with Crippen LogP contribution in [0.4, 0.5) is 0 Å². The minimum atomic E-state index is 0.775. The van der Waals surface area contributed by atoms with Crippen molar-refractivity contribution in [3.8, 4) is 9.88 Å². The Labute approximate surface area is 97.0 Å². The maximum atomic E-state index is 4.45. The molecular formula is C11H12N2S2. The normalized spacial score (nSPS) is 15.7. The highest BCUT2D eigenvalue weighted by molar-refractivity contribution is 7.20. The van der Waals surface area contributed by atoms with E-state index in [0.717, 1.165) is 17.6 Å². The van der Waals surface area contributed by atoms with Crippen LogP contribution in [0.5, 0.6) is 0 Å². The largest absolute Gasteiger partial charge is 0.309 e. The SMILES string of the molecule is c1csc(-c2ncc(CNC3CC3)s2)c1. The van der Waals surface area contributed by atoms with Crippen LogP contribution in [0, 0.1) is 0 Å². The first-order valence-electron chi connectivity index (χ1n) is 5.14. The lowest BCUT2D eigenvalue weighted by atomic mass is 10.5. The predicted octanol–water partition coefficient (Wildman–Crippen LogP) is 3.12. The monoisotopic (exact) mass is 236 g/mol. The molecule has 2 nitrogen and oxygen atoms in total. The van der Waals surface area contributed by atoms with E-state index in [1.54, 1.807) is 22.7 Å². The highest BCUT2D eigenvalue weighted by Crippen LogP contribution is 2.29. The molecule has 2 aromatic heterocycles. The molecule has 4 heteroatoms. The smallest absolute Gasteiger partial charge is 0.133 e. The molecule has 1 aliphatic rings. The summed E-state index contributed by atoms with van der Waals surface area (Å²) in [5.74, 6) is 0. The van der Waals surface area contributed by atoms with Crippen LogP contribution in [0.3, 0.4) is 0 Å². The van der Waals surface area contributed by atoms with Crippen molar-refractivity contribution in [2.75, 3.05) is 0 Å². The lowest BCUT2D eigenvalue weighted by Gasteiger charge is -1.96. The molecular weight excluding hydrogens is 224 g/mol. The van der Waals surface area contributed by atoms with E-state index in [0.29, 0.717) is 0 Å². The quantitative estimate of drug-likeness (QED) is 0.882. The Hall–Kier alpha value is -0.710. The average Bonchev–Trinajstić information content (AvgIpc) is 2.78. The molecule has 0 aromatic carbocycles. The van der Waals surface area contributed by atoms with Crippen LogP contribution in [0.25, 0.3) is 9.88 Å². The van der Waals surface area contributed by atoms with Gasteiger partial charge < -0.3 is 5.32 Å². The zero-order valence-electron chi connectivity index (χ0n) is 8.27. The van der Waals surface area contributed by atoms with Crippen LogP contribution < -0.4 is 5.32 Å². The minimum Gasteiger partial charge on any atom is -0.309 e. The third-order valence-corrected chi connectivity index (χ3v) is 4.46. The summed E-state index contributed by atoms with van der Waals surface area (Å²) in [4.78, 5) is 7.06. The molecule has 1 aliphatic carbocycles. The molecule has 1 N–H and O–H groups in total. The number of rotatable bonds is 4. The van der Waals surface area contributed by atoms with E-state index in [2.05, 4.69) is 27.8 Å². The van der Waals surface area contributed by atoms with Gasteiger partial charge in [-0.1, -0.05) is 6.07 Å². The van der Waals surface area contributed by atoms with E-state index in [1.165, 1.54) is 22.6 Å². The van der Waals surface area contributed by atoms with Gasteiger partial charge in [0.25, 0.3) is 0 Å². The van der Waals surface area contributed by atoms with E-state index in [9.17, 15) is 0 Å². The number of aromatic nitrogens is 1. The summed E-state index contributed by atoms with van der Waals surface area (Å²) >= 11 is 3.55. The van der Waals surface area contributed by atoms with Crippen molar-refractivity contribution >= 4 is 22.7 Å². The van der Waals surface area contributed by atoms with E-state index in [4.69, 9.17) is 0 Å². The molecule has 3 rings (SSSR count). The van der Waals surface area contributed by atoms with Crippen molar-refractivity contribution < 1.29 is 0 Å². The number of nitrogens with zero attached hydrogens (tertiary/aromatic N) is 1. The third-order valence-electron chi connectivity index (χ3n) is 2.43. The fourth-order valence-electron chi connectivity index (χ4n) is 1.44. The highest BCUT2D eigenvalue weighted by atomic mass is 32.1. The second-order valence-electron chi connectivity index (χ2n) is 3.76. The summed E-state index contributed by atoms with van der Waals surface area (Å²) in [5, 5.41) is 6.75. The van der Waals surface area contributed by atoms with Gasteiger partial charge in [-0.05, 0) is 24.3 Å². The second-order valence-corrected chi connectivity index (χ2v) is 5.83. The van der Waals surface area contributed by atoms with Crippen LogP contribution in [0.15, 0.2) is 23.7 Å². The Morgan fingerprint density at radius 3 is 3.13 bits per heavy atom. The Kier molecular flexibility index (Phi) is 2.56. The standard InChI is InChI=1S/C11H12N2S2/c1-2-10(14-5-1)11-13-7-9(15-11)6-12-8-3-4-8/h1-2,5,7-8,12H,3-4,6H2. The lowest BCUT2D eigenvalue weighted by Crippen LogP contribution is -2.14. The van der Waals surface area contributed by atoms with E-state index in [1.807, 2.05) is 6.20 Å². The van der Waals surface area contributed by atoms with Crippen molar-refractivity contribution in [1.82, 2.24) is 10.3 Å². The van der Waals surface area contributed by atoms with Crippen LogP contribution in [0.1, 0.15) is 17.7 Å². The zero-order chi connectivity index (χ0) is 10.1. The maximum absolute atomic E-state index is 4.45. The van der Waals surface area contributed by atoms with Gasteiger partial charge in [0.1, 0.15) is 5.01 Å². The maximum Gasteiger partial charge on any atom is 0.133 e. The fraction of sp³-hybridized carbons (Fsp3) is 0.364. The second kappa shape index (κ2) is 4.04. The molecule has 1 saturated carbocycles. The van der Waals surface area contributed by atoms with E-state index < -0.39 is 0 Å². The molecule has 1 fully saturated rings. The molecule has 0 spiro atoms. The Balaban J connectivity index is 1.69. The lowest BCUT2D eigenvalue weighted by molar-refractivity contribution is 0.694. The first-order chi connectivity index (χ1) is 7.42. The summed E-state index contributed by atoms with van der Waals surface area (Å²) in [7, 11) is 0. The van der Waals surface area contributed by atoms with Gasteiger partial charge in [0.15, 0.2) is 0 Å². The summed E-state index contributed by atoms with van der Waals surface area (Å²) in [6.07, 6.45) is 4.68. The van der Waals surface area contributed by atoms with Gasteiger partial charge >= 0.3 is 0 Å². The topological polar surface area (TPSA) is 24.9 Å². The summed E-state index contributed by atoms with van der Waals surface area (Å²) < 4.78 is 0. The van der Waals surface area contributed by atoms with Crippen molar-refractivity contribution in [1.29, 1.82) is 0 Å². The zero-order valence-corrected chi connectivity index (χ0v) is 9.90. The van der Waals surface area contributed by atoms with Gasteiger partial charge in [0, 0.05) is 23.7 Å². The highest BCUT2D eigenvalue weighted by Gasteiger charge is 2.20. The Bertz CT molecular complexity index is 429. The molecule has 2 aromatic rings. The van der Waals surface area contributed by atoms with Gasteiger partial charge in [0.2, 0.25) is 0 Å². The molecule has 0 bridgehead atoms. The molecule has 0 saturated heterocycles. The molecule has 2 heterocycles. The summed E-state index contributed by atoms with van der Waals surface area (Å²) in [6, 6.07) is 4.97. The molecule has 0 aliphatic heterocycles. The summed E-state index contributed by atoms with van der Waals surface area (Å²) in [5.41, 5.74) is 0. The van der Waals surface area contributed by atoms with E-state index >= 15 is 0 Å². The van der Waals surface area contributed by atoms with Gasteiger partial charge in [-0.15, -0.1) is 22.7 Å². The number of hydrogen-bond donors (Lipinski definition) is 1. The Morgan fingerprint density at radius 1 is 1.47 bits per heavy atom. The first kappa shape index (κ1) is 9.51. The molecule has 15 heavy (non-hydrogen) atoms. The van der Waals surface area contributed by atoms with Gasteiger partial charge in [-0.3, -0.25) is 0 Å². The van der Waals surface area contributed by atoms with E-state index in [-0.39, 0.29) is 0 Å². The third kappa shape index (κ3) is 2.27. The number of nitrogens with one attached hydrogen (secondary N) is 1. The Morgan fingerprint density at radius 2 is 2.40 bits per heavy atom. The van der Waals surface area contributed by atoms with Crippen molar-refractivity contribution in [3.05, 3.63) is 28.6 Å². The van der Waals surface area contributed by atoms with Crippen LogP contribution >= 0.6 is 22.7 Å². The molecule has 0 atom stereocenters. The van der Waals surface area contributed by atoms with Crippen molar-refractivity contribution in [2.45, 2.75) is 25.4 Å². The number of thiazole rings is 1. The molecule has 0 amide bonds. The fourth-order valence-corrected chi connectivity index (χ4v) is 3.10. The minimum absolute atomic E-state index is 0.775. The van der Waals surface area contributed by atoms with Gasteiger partial charge in [-0.2, -0.15) is 0 Å². The van der Waals surface area contributed by atoms with Crippen LogP contribution in [-0.2, 0) is 6.54 Å². The van der Waals surface area contributed by atoms with Crippen LogP contribution in [-0.4, -0.2) is 11.0 Å². The predicted molar refractivity (Wildman–Crippen MR) is 65.3 cm³/mol. The van der Waals surface area contributed by atoms with Crippen molar-refractivity contribution in [2.24, 2.45) is 0 Å². The first-order valence-corrected chi connectivity index (χ1v) is 6.83. The average molecular weight is 236 g/mol.